The molecule has 1 aromatic rings. The fourth-order valence-corrected chi connectivity index (χ4v) is 1.89. The lowest BCUT2D eigenvalue weighted by molar-refractivity contribution is -0.136. The lowest BCUT2D eigenvalue weighted by Crippen LogP contribution is -2.01. The maximum absolute atomic E-state index is 10.5. The van der Waals surface area contributed by atoms with Crippen LogP contribution in [0.25, 0.3) is 0 Å². The van der Waals surface area contributed by atoms with Crippen molar-refractivity contribution in [1.29, 1.82) is 0 Å². The molecule has 0 bridgehead atoms. The molecule has 0 aromatic heterocycles. The van der Waals surface area contributed by atoms with Gasteiger partial charge in [0.25, 0.3) is 0 Å². The van der Waals surface area contributed by atoms with Gasteiger partial charge in [0.05, 0.1) is 6.42 Å². The predicted octanol–water partition coefficient (Wildman–Crippen LogP) is 2.64. The number of aliphatic carboxylic acids is 1. The lowest BCUT2D eigenvalue weighted by atomic mass is 10.1. The summed E-state index contributed by atoms with van der Waals surface area (Å²) in [5.41, 5.74) is 1.99. The number of rotatable bonds is 3. The molecule has 70 valence electrons. The molecule has 0 aliphatic rings. The maximum atomic E-state index is 10.5. The molecule has 0 heterocycles. The minimum atomic E-state index is -0.797. The third-order valence-electron chi connectivity index (χ3n) is 1.88. The first-order chi connectivity index (χ1) is 6.15. The van der Waals surface area contributed by atoms with Crippen molar-refractivity contribution in [3.05, 3.63) is 33.8 Å². The second-order valence-electron chi connectivity index (χ2n) is 2.81. The van der Waals surface area contributed by atoms with Crippen molar-refractivity contribution in [2.45, 2.75) is 19.8 Å². The Balaban J connectivity index is 3.01. The summed E-state index contributed by atoms with van der Waals surface area (Å²) in [5.74, 6) is -0.797. The highest BCUT2D eigenvalue weighted by molar-refractivity contribution is 9.10. The zero-order valence-electron chi connectivity index (χ0n) is 7.38. The molecule has 0 saturated heterocycles. The Morgan fingerprint density at radius 3 is 2.62 bits per heavy atom. The van der Waals surface area contributed by atoms with E-state index < -0.39 is 5.97 Å². The van der Waals surface area contributed by atoms with Gasteiger partial charge in [0.15, 0.2) is 0 Å². The summed E-state index contributed by atoms with van der Waals surface area (Å²) < 4.78 is 0.930. The molecular weight excluding hydrogens is 232 g/mol. The van der Waals surface area contributed by atoms with E-state index in [9.17, 15) is 4.79 Å². The molecule has 1 N–H and O–H groups in total. The normalized spacial score (nSPS) is 10.0. The van der Waals surface area contributed by atoms with Gasteiger partial charge in [-0.15, -0.1) is 0 Å². The Morgan fingerprint density at radius 1 is 1.46 bits per heavy atom. The largest absolute Gasteiger partial charge is 0.481 e. The van der Waals surface area contributed by atoms with E-state index in [0.717, 1.165) is 22.0 Å². The van der Waals surface area contributed by atoms with Crippen LogP contribution < -0.4 is 0 Å². The number of carbonyl (C=O) groups is 1. The molecular formula is C10H11BrO2. The second-order valence-corrected chi connectivity index (χ2v) is 3.61. The molecule has 1 aromatic carbocycles. The molecule has 0 aliphatic heterocycles. The van der Waals surface area contributed by atoms with E-state index in [-0.39, 0.29) is 6.42 Å². The maximum Gasteiger partial charge on any atom is 0.307 e. The third kappa shape index (κ3) is 2.56. The Hall–Kier alpha value is -0.830. The lowest BCUT2D eigenvalue weighted by Gasteiger charge is -2.05. The Bertz CT molecular complexity index is 321. The van der Waals surface area contributed by atoms with Crippen molar-refractivity contribution in [3.63, 3.8) is 0 Å². The summed E-state index contributed by atoms with van der Waals surface area (Å²) in [6.07, 6.45) is 0.989. The first-order valence-corrected chi connectivity index (χ1v) is 4.92. The smallest absolute Gasteiger partial charge is 0.307 e. The average molecular weight is 243 g/mol. The summed E-state index contributed by atoms with van der Waals surface area (Å²) >= 11 is 3.41. The van der Waals surface area contributed by atoms with Crippen molar-refractivity contribution in [2.75, 3.05) is 0 Å². The van der Waals surface area contributed by atoms with Crippen molar-refractivity contribution in [1.82, 2.24) is 0 Å². The standard InChI is InChI=1S/C10H11BrO2/c1-2-7-4-3-5-8(10(7)11)6-9(12)13/h3-5H,2,6H2,1H3,(H,12,13). The summed E-state index contributed by atoms with van der Waals surface area (Å²) in [7, 11) is 0. The molecule has 0 unspecified atom stereocenters. The van der Waals surface area contributed by atoms with E-state index in [0.29, 0.717) is 0 Å². The Labute approximate surface area is 85.7 Å². The van der Waals surface area contributed by atoms with E-state index in [4.69, 9.17) is 5.11 Å². The number of aryl methyl sites for hydroxylation is 1. The minimum Gasteiger partial charge on any atom is -0.481 e. The SMILES string of the molecule is CCc1cccc(CC(=O)O)c1Br. The van der Waals surface area contributed by atoms with Crippen molar-refractivity contribution < 1.29 is 9.90 Å². The zero-order chi connectivity index (χ0) is 9.84. The van der Waals surface area contributed by atoms with Gasteiger partial charge in [0, 0.05) is 4.47 Å². The number of benzene rings is 1. The fourth-order valence-electron chi connectivity index (χ4n) is 1.21. The van der Waals surface area contributed by atoms with Crippen molar-refractivity contribution in [2.24, 2.45) is 0 Å². The highest BCUT2D eigenvalue weighted by atomic mass is 79.9. The van der Waals surface area contributed by atoms with Gasteiger partial charge < -0.3 is 5.11 Å². The van der Waals surface area contributed by atoms with Crippen LogP contribution in [0.3, 0.4) is 0 Å². The molecule has 0 atom stereocenters. The molecule has 3 heteroatoms. The number of carboxylic acids is 1. The first-order valence-electron chi connectivity index (χ1n) is 4.13. The second kappa shape index (κ2) is 4.42. The molecule has 2 nitrogen and oxygen atoms in total. The number of hydrogen-bond acceptors (Lipinski definition) is 1. The Morgan fingerprint density at radius 2 is 2.08 bits per heavy atom. The van der Waals surface area contributed by atoms with Crippen molar-refractivity contribution in [3.8, 4) is 0 Å². The van der Waals surface area contributed by atoms with Crippen LogP contribution in [0.1, 0.15) is 18.1 Å². The van der Waals surface area contributed by atoms with E-state index in [2.05, 4.69) is 15.9 Å². The van der Waals surface area contributed by atoms with Gasteiger partial charge in [-0.25, -0.2) is 0 Å². The summed E-state index contributed by atoms with van der Waals surface area (Å²) in [6.45, 7) is 2.05. The summed E-state index contributed by atoms with van der Waals surface area (Å²) in [6, 6.07) is 5.72. The van der Waals surface area contributed by atoms with Gasteiger partial charge in [-0.2, -0.15) is 0 Å². The first kappa shape index (κ1) is 10.3. The van der Waals surface area contributed by atoms with Crippen LogP contribution in [0.2, 0.25) is 0 Å². The topological polar surface area (TPSA) is 37.3 Å². The molecule has 13 heavy (non-hydrogen) atoms. The van der Waals surface area contributed by atoms with E-state index in [1.54, 1.807) is 0 Å². The van der Waals surface area contributed by atoms with Crippen LogP contribution in [0, 0.1) is 0 Å². The number of halogens is 1. The summed E-state index contributed by atoms with van der Waals surface area (Å²) in [4.78, 5) is 10.5. The van der Waals surface area contributed by atoms with Crippen LogP contribution in [0.4, 0.5) is 0 Å². The van der Waals surface area contributed by atoms with Crippen LogP contribution in [-0.4, -0.2) is 11.1 Å². The Kier molecular flexibility index (Phi) is 3.48. The molecule has 1 rings (SSSR count). The van der Waals surface area contributed by atoms with E-state index in [1.807, 2.05) is 25.1 Å². The monoisotopic (exact) mass is 242 g/mol. The van der Waals surface area contributed by atoms with E-state index >= 15 is 0 Å². The van der Waals surface area contributed by atoms with Crippen LogP contribution in [-0.2, 0) is 17.6 Å². The van der Waals surface area contributed by atoms with Crippen LogP contribution in [0.15, 0.2) is 22.7 Å². The van der Waals surface area contributed by atoms with Gasteiger partial charge >= 0.3 is 5.97 Å². The minimum absolute atomic E-state index is 0.0778. The zero-order valence-corrected chi connectivity index (χ0v) is 8.97. The molecule has 0 spiro atoms. The van der Waals surface area contributed by atoms with E-state index in [1.165, 1.54) is 0 Å². The fraction of sp³-hybridized carbons (Fsp3) is 0.300. The quantitative estimate of drug-likeness (QED) is 0.885. The summed E-state index contributed by atoms with van der Waals surface area (Å²) in [5, 5.41) is 8.63. The molecule has 0 radical (unpaired) electrons. The average Bonchev–Trinajstić information content (AvgIpc) is 2.08. The number of carboxylic acid groups (broad SMARTS) is 1. The van der Waals surface area contributed by atoms with Crippen molar-refractivity contribution >= 4 is 21.9 Å². The molecule has 0 saturated carbocycles. The van der Waals surface area contributed by atoms with Gasteiger partial charge in [-0.3, -0.25) is 4.79 Å². The van der Waals surface area contributed by atoms with Crippen LogP contribution >= 0.6 is 15.9 Å². The molecule has 0 fully saturated rings. The number of hydrogen-bond donors (Lipinski definition) is 1. The highest BCUT2D eigenvalue weighted by Gasteiger charge is 2.07. The molecule has 0 amide bonds. The van der Waals surface area contributed by atoms with Crippen LogP contribution in [0.5, 0.6) is 0 Å². The highest BCUT2D eigenvalue weighted by Crippen LogP contribution is 2.22. The third-order valence-corrected chi connectivity index (χ3v) is 2.90. The molecule has 0 aliphatic carbocycles. The van der Waals surface area contributed by atoms with Gasteiger partial charge in [-0.05, 0) is 17.5 Å². The van der Waals surface area contributed by atoms with Gasteiger partial charge in [0.1, 0.15) is 0 Å². The predicted molar refractivity (Wildman–Crippen MR) is 54.9 cm³/mol. The van der Waals surface area contributed by atoms with Gasteiger partial charge in [0.2, 0.25) is 0 Å². The van der Waals surface area contributed by atoms with Gasteiger partial charge in [-0.1, -0.05) is 41.1 Å².